The van der Waals surface area contributed by atoms with Gasteiger partial charge in [-0.1, -0.05) is 30.3 Å². The zero-order chi connectivity index (χ0) is 15.7. The summed E-state index contributed by atoms with van der Waals surface area (Å²) in [6, 6.07) is 11.8. The first-order valence-corrected chi connectivity index (χ1v) is 9.52. The average molecular weight is 321 g/mol. The highest BCUT2D eigenvalue weighted by Crippen LogP contribution is 1.98. The fraction of sp³-hybridized carbons (Fsp3) is 0.684. The Morgan fingerprint density at radius 3 is 2.43 bits per heavy atom. The van der Waals surface area contributed by atoms with E-state index >= 15 is 0 Å². The Morgan fingerprint density at radius 2 is 1.70 bits per heavy atom. The standard InChI is InChI=1S/C19H31N3O/c1-2-5-18(6-3-1)17-22-11-7-19(8-12-22)20-9-4-10-21-13-15-23-16-14-21/h1-3,5-6,19-20H,4,7-17H2/p+3. The summed E-state index contributed by atoms with van der Waals surface area (Å²) in [5.41, 5.74) is 1.48. The molecule has 1 aromatic carbocycles. The molecule has 3 rings (SSSR count). The number of hydrogen-bond donors (Lipinski definition) is 3. The van der Waals surface area contributed by atoms with E-state index in [1.807, 2.05) is 0 Å². The van der Waals surface area contributed by atoms with Crippen molar-refractivity contribution >= 4 is 0 Å². The zero-order valence-corrected chi connectivity index (χ0v) is 14.4. The lowest BCUT2D eigenvalue weighted by Gasteiger charge is -2.28. The summed E-state index contributed by atoms with van der Waals surface area (Å²) in [7, 11) is 0. The van der Waals surface area contributed by atoms with Gasteiger partial charge in [0.05, 0.1) is 45.4 Å². The van der Waals surface area contributed by atoms with Crippen LogP contribution in [0.1, 0.15) is 24.8 Å². The topological polar surface area (TPSA) is 34.7 Å². The lowest BCUT2D eigenvalue weighted by Crippen LogP contribution is -3.14. The summed E-state index contributed by atoms with van der Waals surface area (Å²) in [5.74, 6) is 0. The van der Waals surface area contributed by atoms with Crippen molar-refractivity contribution in [1.29, 1.82) is 0 Å². The van der Waals surface area contributed by atoms with Crippen LogP contribution in [0.4, 0.5) is 0 Å². The average Bonchev–Trinajstić information content (AvgIpc) is 2.62. The lowest BCUT2D eigenvalue weighted by molar-refractivity contribution is -0.926. The molecule has 0 aliphatic carbocycles. The van der Waals surface area contributed by atoms with E-state index in [0.29, 0.717) is 0 Å². The fourth-order valence-electron chi connectivity index (χ4n) is 3.96. The molecule has 2 aliphatic rings. The molecule has 0 amide bonds. The molecule has 0 aromatic heterocycles. The van der Waals surface area contributed by atoms with E-state index in [2.05, 4.69) is 35.6 Å². The number of likely N-dealkylation sites (tertiary alicyclic amines) is 1. The summed E-state index contributed by atoms with van der Waals surface area (Å²) < 4.78 is 5.42. The number of rotatable bonds is 7. The van der Waals surface area contributed by atoms with E-state index in [9.17, 15) is 0 Å². The first-order valence-electron chi connectivity index (χ1n) is 9.52. The van der Waals surface area contributed by atoms with Crippen LogP contribution < -0.4 is 15.1 Å². The maximum Gasteiger partial charge on any atom is 0.103 e. The summed E-state index contributed by atoms with van der Waals surface area (Å²) in [5, 5.41) is 2.62. The van der Waals surface area contributed by atoms with Crippen LogP contribution >= 0.6 is 0 Å². The molecular formula is C19H34N3O+3. The molecule has 2 fully saturated rings. The Bertz CT molecular complexity index is 426. The predicted octanol–water partition coefficient (Wildman–Crippen LogP) is -1.90. The number of morpholine rings is 1. The molecule has 2 saturated heterocycles. The third-order valence-electron chi connectivity index (χ3n) is 5.47. The van der Waals surface area contributed by atoms with Crippen LogP contribution in [0.25, 0.3) is 0 Å². The van der Waals surface area contributed by atoms with Gasteiger partial charge in [0.2, 0.25) is 0 Å². The molecule has 4 N–H and O–H groups in total. The van der Waals surface area contributed by atoms with E-state index in [4.69, 9.17) is 4.74 Å². The molecule has 0 saturated carbocycles. The molecule has 0 unspecified atom stereocenters. The molecule has 0 bridgehead atoms. The van der Waals surface area contributed by atoms with Crippen LogP contribution in [0.15, 0.2) is 30.3 Å². The second kappa shape index (κ2) is 9.38. The highest BCUT2D eigenvalue weighted by atomic mass is 16.5. The smallest absolute Gasteiger partial charge is 0.103 e. The number of ether oxygens (including phenoxy) is 1. The number of quaternary nitrogens is 3. The number of piperidine rings is 1. The molecule has 2 aliphatic heterocycles. The number of nitrogens with two attached hydrogens (primary N) is 1. The molecule has 0 atom stereocenters. The third-order valence-corrected chi connectivity index (χ3v) is 5.47. The van der Waals surface area contributed by atoms with E-state index in [1.165, 1.54) is 70.6 Å². The minimum Gasteiger partial charge on any atom is -0.370 e. The van der Waals surface area contributed by atoms with Crippen molar-refractivity contribution in [2.45, 2.75) is 31.8 Å². The Balaban J connectivity index is 1.26. The molecule has 4 nitrogen and oxygen atoms in total. The fourth-order valence-corrected chi connectivity index (χ4v) is 3.96. The van der Waals surface area contributed by atoms with Gasteiger partial charge in [0, 0.05) is 24.8 Å². The highest BCUT2D eigenvalue weighted by Gasteiger charge is 2.24. The molecule has 0 spiro atoms. The van der Waals surface area contributed by atoms with Crippen molar-refractivity contribution in [3.63, 3.8) is 0 Å². The van der Waals surface area contributed by atoms with Gasteiger partial charge in [-0.2, -0.15) is 0 Å². The molecule has 0 radical (unpaired) electrons. The van der Waals surface area contributed by atoms with Gasteiger partial charge < -0.3 is 19.9 Å². The van der Waals surface area contributed by atoms with Gasteiger partial charge in [0.25, 0.3) is 0 Å². The van der Waals surface area contributed by atoms with Crippen LogP contribution in [-0.4, -0.2) is 58.5 Å². The van der Waals surface area contributed by atoms with Crippen LogP contribution in [0.5, 0.6) is 0 Å². The summed E-state index contributed by atoms with van der Waals surface area (Å²) in [4.78, 5) is 3.50. The Kier molecular flexibility index (Phi) is 6.89. The highest BCUT2D eigenvalue weighted by molar-refractivity contribution is 5.13. The van der Waals surface area contributed by atoms with Crippen molar-refractivity contribution in [2.24, 2.45) is 0 Å². The van der Waals surface area contributed by atoms with Gasteiger partial charge in [-0.05, 0) is 0 Å². The van der Waals surface area contributed by atoms with Crippen molar-refractivity contribution < 1.29 is 19.9 Å². The molecule has 128 valence electrons. The zero-order valence-electron chi connectivity index (χ0n) is 14.4. The maximum atomic E-state index is 5.42. The van der Waals surface area contributed by atoms with Gasteiger partial charge in [0.1, 0.15) is 19.6 Å². The number of nitrogens with one attached hydrogen (secondary N) is 2. The Morgan fingerprint density at radius 1 is 0.957 bits per heavy atom. The second-order valence-corrected chi connectivity index (χ2v) is 7.24. The minimum atomic E-state index is 0.870. The molecule has 1 aromatic rings. The van der Waals surface area contributed by atoms with Crippen LogP contribution in [0.3, 0.4) is 0 Å². The van der Waals surface area contributed by atoms with Gasteiger partial charge in [0.15, 0.2) is 0 Å². The monoisotopic (exact) mass is 320 g/mol. The number of benzene rings is 1. The van der Waals surface area contributed by atoms with Crippen molar-refractivity contribution in [2.75, 3.05) is 52.5 Å². The van der Waals surface area contributed by atoms with E-state index in [0.717, 1.165) is 19.3 Å². The van der Waals surface area contributed by atoms with Gasteiger partial charge in [-0.15, -0.1) is 0 Å². The minimum absolute atomic E-state index is 0.870. The summed E-state index contributed by atoms with van der Waals surface area (Å²) in [6.07, 6.45) is 4.12. The maximum absolute atomic E-state index is 5.42. The van der Waals surface area contributed by atoms with E-state index < -0.39 is 0 Å². The van der Waals surface area contributed by atoms with Crippen molar-refractivity contribution in [3.8, 4) is 0 Å². The van der Waals surface area contributed by atoms with E-state index in [-0.39, 0.29) is 0 Å². The molecular weight excluding hydrogens is 286 g/mol. The normalized spacial score (nSPS) is 26.3. The van der Waals surface area contributed by atoms with Crippen molar-refractivity contribution in [3.05, 3.63) is 35.9 Å². The SMILES string of the molecule is c1ccc(C[NH+]2CCC([NH2+]CCC[NH+]3CCOCC3)CC2)cc1. The van der Waals surface area contributed by atoms with Gasteiger partial charge >= 0.3 is 0 Å². The lowest BCUT2D eigenvalue weighted by atomic mass is 10.0. The summed E-state index contributed by atoms with van der Waals surface area (Å²) >= 11 is 0. The largest absolute Gasteiger partial charge is 0.370 e. The molecule has 23 heavy (non-hydrogen) atoms. The Labute approximate surface area is 140 Å². The van der Waals surface area contributed by atoms with Gasteiger partial charge in [-0.25, -0.2) is 0 Å². The number of hydrogen-bond acceptors (Lipinski definition) is 1. The quantitative estimate of drug-likeness (QED) is 0.504. The van der Waals surface area contributed by atoms with E-state index in [1.54, 1.807) is 9.80 Å². The first kappa shape index (κ1) is 16.9. The van der Waals surface area contributed by atoms with Crippen LogP contribution in [0.2, 0.25) is 0 Å². The predicted molar refractivity (Wildman–Crippen MR) is 91.7 cm³/mol. The molecule has 2 heterocycles. The second-order valence-electron chi connectivity index (χ2n) is 7.24. The van der Waals surface area contributed by atoms with Crippen LogP contribution in [0, 0.1) is 0 Å². The van der Waals surface area contributed by atoms with Crippen molar-refractivity contribution in [1.82, 2.24) is 0 Å². The molecule has 4 heteroatoms. The summed E-state index contributed by atoms with van der Waals surface area (Å²) in [6.45, 7) is 10.9. The van der Waals surface area contributed by atoms with Crippen LogP contribution in [-0.2, 0) is 11.3 Å². The third kappa shape index (κ3) is 5.88. The Hall–Kier alpha value is -0.940. The first-order chi connectivity index (χ1) is 11.4. The van der Waals surface area contributed by atoms with Gasteiger partial charge in [-0.3, -0.25) is 0 Å².